The second kappa shape index (κ2) is 5.62. The van der Waals surface area contributed by atoms with Crippen LogP contribution >= 0.6 is 15.9 Å². The van der Waals surface area contributed by atoms with Crippen LogP contribution in [0.5, 0.6) is 0 Å². The van der Waals surface area contributed by atoms with E-state index in [0.717, 1.165) is 0 Å². The first kappa shape index (κ1) is 18.7. The van der Waals surface area contributed by atoms with Crippen LogP contribution in [-0.2, 0) is 4.74 Å². The van der Waals surface area contributed by atoms with Crippen LogP contribution < -0.4 is 0 Å². The molecule has 0 N–H and O–H groups in total. The maximum atomic E-state index is 12.5. The smallest absolute Gasteiger partial charge is 0.318 e. The van der Waals surface area contributed by atoms with Crippen molar-refractivity contribution in [1.29, 1.82) is 0 Å². The molecular formula is C7H5BrF10O. The molecule has 0 fully saturated rings. The summed E-state index contributed by atoms with van der Waals surface area (Å²) in [5.74, 6) is -4.85. The molecule has 0 spiro atoms. The Morgan fingerprint density at radius 1 is 0.895 bits per heavy atom. The summed E-state index contributed by atoms with van der Waals surface area (Å²) in [5, 5.41) is 0. The third kappa shape index (κ3) is 5.32. The first-order valence-electron chi connectivity index (χ1n) is 4.28. The summed E-state index contributed by atoms with van der Waals surface area (Å²) in [4.78, 5) is -4.77. The van der Waals surface area contributed by atoms with Crippen molar-refractivity contribution < 1.29 is 48.6 Å². The molecule has 12 heteroatoms. The van der Waals surface area contributed by atoms with Crippen molar-refractivity contribution in [2.24, 2.45) is 0 Å². The molecule has 0 aliphatic heterocycles. The number of ether oxygens (including phenoxy) is 1. The predicted molar refractivity (Wildman–Crippen MR) is 45.3 cm³/mol. The number of rotatable bonds is 6. The van der Waals surface area contributed by atoms with Crippen molar-refractivity contribution in [2.75, 3.05) is 6.61 Å². The summed E-state index contributed by atoms with van der Waals surface area (Å²) < 4.78 is 124. The lowest BCUT2D eigenvalue weighted by atomic mass is 10.2. The Hall–Kier alpha value is -0.260. The second-order valence-corrected chi connectivity index (χ2v) is 4.26. The van der Waals surface area contributed by atoms with Crippen LogP contribution in [0.2, 0.25) is 0 Å². The lowest BCUT2D eigenvalue weighted by Gasteiger charge is -2.25. The van der Waals surface area contributed by atoms with Crippen molar-refractivity contribution in [3.05, 3.63) is 0 Å². The van der Waals surface area contributed by atoms with Gasteiger partial charge in [0.25, 0.3) is 6.17 Å². The zero-order valence-corrected chi connectivity index (χ0v) is 10.1. The molecule has 0 saturated carbocycles. The zero-order chi connectivity index (χ0) is 15.7. The molecule has 19 heavy (non-hydrogen) atoms. The van der Waals surface area contributed by atoms with E-state index in [9.17, 15) is 43.9 Å². The molecule has 0 aromatic heterocycles. The predicted octanol–water partition coefficient (Wildman–Crippen LogP) is 4.51. The van der Waals surface area contributed by atoms with Crippen molar-refractivity contribution in [2.45, 2.75) is 35.6 Å². The average molecular weight is 375 g/mol. The summed E-state index contributed by atoms with van der Waals surface area (Å²) in [6.45, 7) is -1.91. The molecule has 1 atom stereocenters. The van der Waals surface area contributed by atoms with E-state index in [1.165, 1.54) is 15.9 Å². The molecule has 1 nitrogen and oxygen atoms in total. The molecule has 0 aromatic rings. The van der Waals surface area contributed by atoms with Gasteiger partial charge in [0.1, 0.15) is 0 Å². The first-order chi connectivity index (χ1) is 8.11. The molecule has 0 radical (unpaired) electrons. The van der Waals surface area contributed by atoms with Crippen molar-refractivity contribution in [3.8, 4) is 0 Å². The molecule has 0 bridgehead atoms. The largest absolute Gasteiger partial charge is 0.428 e. The van der Waals surface area contributed by atoms with Crippen LogP contribution in [0.1, 0.15) is 6.42 Å². The van der Waals surface area contributed by atoms with Crippen LogP contribution in [0.15, 0.2) is 0 Å². The van der Waals surface area contributed by atoms with Gasteiger partial charge in [-0.1, -0.05) is 0 Å². The summed E-state index contributed by atoms with van der Waals surface area (Å²) in [6, 6.07) is 0. The summed E-state index contributed by atoms with van der Waals surface area (Å²) in [6.07, 6.45) is -18.2. The fourth-order valence-corrected chi connectivity index (χ4v) is 0.919. The SMILES string of the molecule is F[C@@H](C(F)(F)F)C(F)(F)OCCC(F)(F)C(F)(F)Br. The van der Waals surface area contributed by atoms with Gasteiger partial charge in [-0.2, -0.15) is 39.5 Å². The maximum absolute atomic E-state index is 12.5. The Balaban J connectivity index is 4.50. The van der Waals surface area contributed by atoms with Crippen LogP contribution in [-0.4, -0.2) is 35.8 Å². The quantitative estimate of drug-likeness (QED) is 0.491. The van der Waals surface area contributed by atoms with Gasteiger partial charge in [0.05, 0.1) is 6.61 Å². The highest BCUT2D eigenvalue weighted by molar-refractivity contribution is 9.10. The fraction of sp³-hybridized carbons (Fsp3) is 1.00. The molecule has 116 valence electrons. The van der Waals surface area contributed by atoms with E-state index in [2.05, 4.69) is 4.74 Å². The summed E-state index contributed by atoms with van der Waals surface area (Å²) in [7, 11) is 0. The Kier molecular flexibility index (Phi) is 5.54. The molecule has 0 rings (SSSR count). The highest BCUT2D eigenvalue weighted by Crippen LogP contribution is 2.42. The lowest BCUT2D eigenvalue weighted by Crippen LogP contribution is -2.44. The van der Waals surface area contributed by atoms with Crippen molar-refractivity contribution in [3.63, 3.8) is 0 Å². The van der Waals surface area contributed by atoms with E-state index in [1.54, 1.807) is 0 Å². The monoisotopic (exact) mass is 374 g/mol. The normalized spacial score (nSPS) is 16.6. The van der Waals surface area contributed by atoms with Gasteiger partial charge in [-0.3, -0.25) is 0 Å². The third-order valence-electron chi connectivity index (χ3n) is 1.71. The number of hydrogen-bond donors (Lipinski definition) is 0. The van der Waals surface area contributed by atoms with Crippen LogP contribution in [0, 0.1) is 0 Å². The van der Waals surface area contributed by atoms with Crippen LogP contribution in [0.3, 0.4) is 0 Å². The topological polar surface area (TPSA) is 9.23 Å². The minimum absolute atomic E-state index is 1.26. The van der Waals surface area contributed by atoms with Gasteiger partial charge in [0, 0.05) is 6.42 Å². The van der Waals surface area contributed by atoms with Gasteiger partial charge in [-0.15, -0.1) is 0 Å². The second-order valence-electron chi connectivity index (χ2n) is 3.27. The van der Waals surface area contributed by atoms with Crippen LogP contribution in [0.25, 0.3) is 0 Å². The van der Waals surface area contributed by atoms with Crippen LogP contribution in [0.4, 0.5) is 43.9 Å². The lowest BCUT2D eigenvalue weighted by molar-refractivity contribution is -0.338. The molecule has 0 amide bonds. The minimum Gasteiger partial charge on any atom is -0.318 e. The van der Waals surface area contributed by atoms with E-state index in [0.29, 0.717) is 0 Å². The summed E-state index contributed by atoms with van der Waals surface area (Å²) in [5.41, 5.74) is 0. The van der Waals surface area contributed by atoms with Gasteiger partial charge in [-0.05, 0) is 15.9 Å². The van der Waals surface area contributed by atoms with Gasteiger partial charge < -0.3 is 4.74 Å². The maximum Gasteiger partial charge on any atom is 0.428 e. The average Bonchev–Trinajstić information content (AvgIpc) is 2.12. The summed E-state index contributed by atoms with van der Waals surface area (Å²) >= 11 is 1.26. The Labute approximate surface area is 108 Å². The van der Waals surface area contributed by atoms with E-state index in [1.807, 2.05) is 0 Å². The first-order valence-corrected chi connectivity index (χ1v) is 5.07. The molecule has 0 aromatic carbocycles. The number of alkyl halides is 11. The van der Waals surface area contributed by atoms with E-state index < -0.39 is 42.2 Å². The van der Waals surface area contributed by atoms with Gasteiger partial charge in [-0.25, -0.2) is 4.39 Å². The van der Waals surface area contributed by atoms with Crippen molar-refractivity contribution in [1.82, 2.24) is 0 Å². The highest BCUT2D eigenvalue weighted by atomic mass is 79.9. The molecule has 0 aliphatic rings. The standard InChI is InChI=1S/C7H5BrF10O/c8-7(17,18)4(10,11)1-2-19-6(15,16)3(9)5(12,13)14/h3H,1-2H2/t3-/m0/s1. The number of halogens is 11. The highest BCUT2D eigenvalue weighted by Gasteiger charge is 2.59. The zero-order valence-electron chi connectivity index (χ0n) is 8.56. The Morgan fingerprint density at radius 2 is 1.32 bits per heavy atom. The van der Waals surface area contributed by atoms with Gasteiger partial charge in [0.2, 0.25) is 0 Å². The minimum atomic E-state index is -5.98. The molecule has 0 saturated heterocycles. The van der Waals surface area contributed by atoms with E-state index in [4.69, 9.17) is 0 Å². The molecular weight excluding hydrogens is 370 g/mol. The van der Waals surface area contributed by atoms with Crippen molar-refractivity contribution >= 4 is 15.9 Å². The van der Waals surface area contributed by atoms with E-state index in [-0.39, 0.29) is 0 Å². The Morgan fingerprint density at radius 3 is 1.63 bits per heavy atom. The third-order valence-corrected chi connectivity index (χ3v) is 2.29. The van der Waals surface area contributed by atoms with E-state index >= 15 is 0 Å². The molecule has 0 heterocycles. The fourth-order valence-electron chi connectivity index (χ4n) is 0.721. The van der Waals surface area contributed by atoms with Gasteiger partial charge >= 0.3 is 23.0 Å². The molecule has 0 aliphatic carbocycles. The van der Waals surface area contributed by atoms with Gasteiger partial charge in [0.15, 0.2) is 0 Å². The molecule has 0 unspecified atom stereocenters. The number of hydrogen-bond acceptors (Lipinski definition) is 1. The Bertz CT molecular complexity index is 295.